The first kappa shape index (κ1) is 13.9. The van der Waals surface area contributed by atoms with Gasteiger partial charge in [0.05, 0.1) is 5.54 Å². The molecule has 1 heterocycles. The van der Waals surface area contributed by atoms with Gasteiger partial charge in [-0.2, -0.15) is 0 Å². The second kappa shape index (κ2) is 6.05. The quantitative estimate of drug-likeness (QED) is 0.836. The van der Waals surface area contributed by atoms with Crippen molar-refractivity contribution in [3.8, 4) is 0 Å². The Morgan fingerprint density at radius 1 is 1.28 bits per heavy atom. The number of amides is 1. The highest BCUT2D eigenvalue weighted by Crippen LogP contribution is 2.31. The molecule has 1 atom stereocenters. The molecule has 0 bridgehead atoms. The monoisotopic (exact) mass is 252 g/mol. The minimum absolute atomic E-state index is 0.0784. The van der Waals surface area contributed by atoms with Crippen molar-refractivity contribution in [2.45, 2.75) is 70.3 Å². The molecule has 1 aliphatic carbocycles. The van der Waals surface area contributed by atoms with E-state index in [1.165, 1.54) is 32.1 Å². The lowest BCUT2D eigenvalue weighted by atomic mass is 9.87. The van der Waals surface area contributed by atoms with E-state index in [1.54, 1.807) is 0 Å². The smallest absolute Gasteiger partial charge is 0.223 e. The van der Waals surface area contributed by atoms with Gasteiger partial charge in [-0.3, -0.25) is 4.79 Å². The predicted octanol–water partition coefficient (Wildman–Crippen LogP) is 2.69. The van der Waals surface area contributed by atoms with Gasteiger partial charge in [-0.25, -0.2) is 0 Å². The molecule has 0 aromatic heterocycles. The summed E-state index contributed by atoms with van der Waals surface area (Å²) in [5.74, 6) is 1.15. The van der Waals surface area contributed by atoms with Crippen LogP contribution in [0.15, 0.2) is 0 Å². The standard InChI is InChI=1S/C15H28N2O/c1-15(12-16)10-4-5-11-17(15)14(18)9-8-13-6-2-3-7-13/h13H,2-12,16H2,1H3. The van der Waals surface area contributed by atoms with Crippen molar-refractivity contribution in [2.24, 2.45) is 11.7 Å². The van der Waals surface area contributed by atoms with E-state index in [1.807, 2.05) is 0 Å². The van der Waals surface area contributed by atoms with E-state index in [9.17, 15) is 4.79 Å². The van der Waals surface area contributed by atoms with Gasteiger partial charge in [-0.1, -0.05) is 25.7 Å². The van der Waals surface area contributed by atoms with E-state index in [0.717, 1.165) is 38.1 Å². The Morgan fingerprint density at radius 2 is 2.00 bits per heavy atom. The Hall–Kier alpha value is -0.570. The molecule has 2 aliphatic rings. The summed E-state index contributed by atoms with van der Waals surface area (Å²) in [5.41, 5.74) is 5.81. The molecule has 0 spiro atoms. The Morgan fingerprint density at radius 3 is 2.67 bits per heavy atom. The molecule has 0 aromatic rings. The SMILES string of the molecule is CC1(CN)CCCCN1C(=O)CCC1CCCC1. The predicted molar refractivity (Wildman–Crippen MR) is 74.2 cm³/mol. The minimum atomic E-state index is -0.0784. The van der Waals surface area contributed by atoms with Crippen molar-refractivity contribution in [3.63, 3.8) is 0 Å². The van der Waals surface area contributed by atoms with Crippen LogP contribution in [0, 0.1) is 5.92 Å². The zero-order valence-electron chi connectivity index (χ0n) is 11.8. The average Bonchev–Trinajstić information content (AvgIpc) is 2.89. The largest absolute Gasteiger partial charge is 0.336 e. The number of rotatable bonds is 4. The zero-order valence-corrected chi connectivity index (χ0v) is 11.8. The molecular formula is C15H28N2O. The molecule has 2 N–H and O–H groups in total. The van der Waals surface area contributed by atoms with Crippen molar-refractivity contribution < 1.29 is 4.79 Å². The third kappa shape index (κ3) is 3.05. The number of hydrogen-bond acceptors (Lipinski definition) is 2. The summed E-state index contributed by atoms with van der Waals surface area (Å²) in [6.07, 6.45) is 10.6. The molecule has 1 saturated carbocycles. The van der Waals surface area contributed by atoms with Crippen LogP contribution < -0.4 is 5.73 Å². The maximum Gasteiger partial charge on any atom is 0.223 e. The first-order chi connectivity index (χ1) is 8.65. The summed E-state index contributed by atoms with van der Waals surface area (Å²) >= 11 is 0. The first-order valence-electron chi connectivity index (χ1n) is 7.66. The summed E-state index contributed by atoms with van der Waals surface area (Å²) in [4.78, 5) is 14.5. The van der Waals surface area contributed by atoms with Crippen molar-refractivity contribution in [2.75, 3.05) is 13.1 Å². The normalized spacial score (nSPS) is 29.8. The highest BCUT2D eigenvalue weighted by Gasteiger charge is 2.36. The maximum atomic E-state index is 12.4. The van der Waals surface area contributed by atoms with E-state index >= 15 is 0 Å². The van der Waals surface area contributed by atoms with Crippen molar-refractivity contribution in [1.29, 1.82) is 0 Å². The van der Waals surface area contributed by atoms with Gasteiger partial charge in [0.25, 0.3) is 0 Å². The second-order valence-electron chi connectivity index (χ2n) is 6.39. The van der Waals surface area contributed by atoms with Crippen LogP contribution in [-0.4, -0.2) is 29.4 Å². The van der Waals surface area contributed by atoms with E-state index < -0.39 is 0 Å². The number of carbonyl (C=O) groups is 1. The minimum Gasteiger partial charge on any atom is -0.336 e. The van der Waals surface area contributed by atoms with Gasteiger partial charge in [-0.15, -0.1) is 0 Å². The van der Waals surface area contributed by atoms with Gasteiger partial charge in [-0.05, 0) is 38.5 Å². The van der Waals surface area contributed by atoms with Gasteiger partial charge in [0.1, 0.15) is 0 Å². The molecule has 3 heteroatoms. The fourth-order valence-corrected chi connectivity index (χ4v) is 3.58. The Labute approximate surface area is 111 Å². The molecular weight excluding hydrogens is 224 g/mol. The average molecular weight is 252 g/mol. The number of hydrogen-bond donors (Lipinski definition) is 1. The fourth-order valence-electron chi connectivity index (χ4n) is 3.58. The van der Waals surface area contributed by atoms with Crippen molar-refractivity contribution in [1.82, 2.24) is 4.90 Å². The number of carbonyl (C=O) groups excluding carboxylic acids is 1. The lowest BCUT2D eigenvalue weighted by Crippen LogP contribution is -2.56. The molecule has 1 saturated heterocycles. The summed E-state index contributed by atoms with van der Waals surface area (Å²) in [6.45, 7) is 3.67. The van der Waals surface area contributed by atoms with Gasteiger partial charge in [0.15, 0.2) is 0 Å². The first-order valence-corrected chi connectivity index (χ1v) is 7.66. The highest BCUT2D eigenvalue weighted by atomic mass is 16.2. The molecule has 0 radical (unpaired) electrons. The summed E-state index contributed by atoms with van der Waals surface area (Å²) in [5, 5.41) is 0. The number of piperidine rings is 1. The van der Waals surface area contributed by atoms with E-state index in [4.69, 9.17) is 5.73 Å². The molecule has 1 aliphatic heterocycles. The van der Waals surface area contributed by atoms with Gasteiger partial charge in [0.2, 0.25) is 5.91 Å². The molecule has 1 amide bonds. The van der Waals surface area contributed by atoms with Gasteiger partial charge < -0.3 is 10.6 Å². The Bertz CT molecular complexity index is 286. The van der Waals surface area contributed by atoms with Crippen LogP contribution in [0.2, 0.25) is 0 Å². The topological polar surface area (TPSA) is 46.3 Å². The van der Waals surface area contributed by atoms with Crippen LogP contribution in [0.25, 0.3) is 0 Å². The fraction of sp³-hybridized carbons (Fsp3) is 0.933. The Kier molecular flexibility index (Phi) is 4.66. The van der Waals surface area contributed by atoms with Crippen LogP contribution in [0.1, 0.15) is 64.7 Å². The van der Waals surface area contributed by atoms with Gasteiger partial charge >= 0.3 is 0 Å². The summed E-state index contributed by atoms with van der Waals surface area (Å²) in [6, 6.07) is 0. The van der Waals surface area contributed by atoms with Crippen LogP contribution in [0.3, 0.4) is 0 Å². The van der Waals surface area contributed by atoms with Crippen molar-refractivity contribution in [3.05, 3.63) is 0 Å². The van der Waals surface area contributed by atoms with E-state index in [2.05, 4.69) is 11.8 Å². The van der Waals surface area contributed by atoms with Crippen molar-refractivity contribution >= 4 is 5.91 Å². The second-order valence-corrected chi connectivity index (χ2v) is 6.39. The molecule has 18 heavy (non-hydrogen) atoms. The third-order valence-corrected chi connectivity index (χ3v) is 4.98. The van der Waals surface area contributed by atoms with Crippen LogP contribution in [0.5, 0.6) is 0 Å². The number of likely N-dealkylation sites (tertiary alicyclic amines) is 1. The lowest BCUT2D eigenvalue weighted by molar-refractivity contribution is -0.139. The maximum absolute atomic E-state index is 12.4. The lowest BCUT2D eigenvalue weighted by Gasteiger charge is -2.44. The molecule has 2 fully saturated rings. The Balaban J connectivity index is 1.85. The van der Waals surface area contributed by atoms with E-state index in [-0.39, 0.29) is 5.54 Å². The molecule has 104 valence electrons. The summed E-state index contributed by atoms with van der Waals surface area (Å²) in [7, 11) is 0. The highest BCUT2D eigenvalue weighted by molar-refractivity contribution is 5.77. The molecule has 0 aromatic carbocycles. The van der Waals surface area contributed by atoms with E-state index in [0.29, 0.717) is 12.5 Å². The molecule has 1 unspecified atom stereocenters. The number of nitrogens with two attached hydrogens (primary N) is 1. The third-order valence-electron chi connectivity index (χ3n) is 4.98. The van der Waals surface area contributed by atoms with Gasteiger partial charge in [0, 0.05) is 19.5 Å². The zero-order chi connectivity index (χ0) is 13.0. The molecule has 2 rings (SSSR count). The van der Waals surface area contributed by atoms with Crippen LogP contribution in [0.4, 0.5) is 0 Å². The molecule has 3 nitrogen and oxygen atoms in total. The van der Waals surface area contributed by atoms with Crippen LogP contribution in [-0.2, 0) is 4.79 Å². The van der Waals surface area contributed by atoms with Crippen LogP contribution >= 0.6 is 0 Å². The number of nitrogens with zero attached hydrogens (tertiary/aromatic N) is 1. The summed E-state index contributed by atoms with van der Waals surface area (Å²) < 4.78 is 0.